The fourth-order valence-electron chi connectivity index (χ4n) is 3.01. The maximum absolute atomic E-state index is 12.7. The van der Waals surface area contributed by atoms with Gasteiger partial charge in [-0.3, -0.25) is 9.62 Å². The number of nitrogens with one attached hydrogen (secondary N) is 1. The summed E-state index contributed by atoms with van der Waals surface area (Å²) in [5.74, 6) is 0. The first-order valence-corrected chi connectivity index (χ1v) is 10.8. The van der Waals surface area contributed by atoms with Gasteiger partial charge < -0.3 is 0 Å². The molecule has 24 heavy (non-hydrogen) atoms. The number of aryl methyl sites for hydroxylation is 1. The molecule has 0 bridgehead atoms. The molecule has 1 aromatic carbocycles. The Balaban J connectivity index is 1.81. The van der Waals surface area contributed by atoms with Crippen molar-refractivity contribution in [1.82, 2.24) is 4.90 Å². The van der Waals surface area contributed by atoms with Crippen molar-refractivity contribution >= 4 is 27.0 Å². The number of sulfonamides is 1. The second-order valence-corrected chi connectivity index (χ2v) is 9.26. The Morgan fingerprint density at radius 3 is 2.71 bits per heavy atom. The first kappa shape index (κ1) is 17.5. The van der Waals surface area contributed by atoms with Crippen LogP contribution in [-0.4, -0.2) is 19.9 Å². The summed E-state index contributed by atoms with van der Waals surface area (Å²) in [5, 5.41) is 0. The lowest BCUT2D eigenvalue weighted by atomic mass is 10.1. The van der Waals surface area contributed by atoms with E-state index in [0.717, 1.165) is 42.2 Å². The zero-order chi connectivity index (χ0) is 17.2. The Morgan fingerprint density at radius 2 is 2.00 bits per heavy atom. The highest BCUT2D eigenvalue weighted by Crippen LogP contribution is 2.32. The lowest BCUT2D eigenvalue weighted by molar-refractivity contribution is 0.279. The molecule has 3 rings (SSSR count). The van der Waals surface area contributed by atoms with Gasteiger partial charge in [-0.05, 0) is 48.7 Å². The highest BCUT2D eigenvalue weighted by molar-refractivity contribution is 7.94. The Bertz CT molecular complexity index is 812. The minimum Gasteiger partial charge on any atom is -0.295 e. The molecule has 130 valence electrons. The van der Waals surface area contributed by atoms with Crippen LogP contribution in [-0.2, 0) is 29.5 Å². The Kier molecular flexibility index (Phi) is 5.27. The summed E-state index contributed by atoms with van der Waals surface area (Å²) in [4.78, 5) is 3.46. The molecule has 1 N–H and O–H groups in total. The minimum absolute atomic E-state index is 0.387. The number of rotatable bonds is 7. The number of thiophene rings is 1. The third-order valence-electron chi connectivity index (χ3n) is 4.37. The van der Waals surface area contributed by atoms with Gasteiger partial charge in [0.1, 0.15) is 4.21 Å². The van der Waals surface area contributed by atoms with Gasteiger partial charge in [-0.15, -0.1) is 11.3 Å². The first-order chi connectivity index (χ1) is 11.5. The summed E-state index contributed by atoms with van der Waals surface area (Å²) in [6.45, 7) is 7.00. The Labute approximate surface area is 148 Å². The average Bonchev–Trinajstić information content (AvgIpc) is 3.20. The number of hydrogen-bond acceptors (Lipinski definition) is 4. The zero-order valence-corrected chi connectivity index (χ0v) is 15.8. The molecular weight excluding hydrogens is 340 g/mol. The largest absolute Gasteiger partial charge is 0.295 e. The second kappa shape index (κ2) is 7.25. The summed E-state index contributed by atoms with van der Waals surface area (Å²) >= 11 is 1.34. The third kappa shape index (κ3) is 3.66. The van der Waals surface area contributed by atoms with E-state index in [1.807, 2.05) is 25.1 Å². The van der Waals surface area contributed by atoms with Crippen LogP contribution in [0.1, 0.15) is 42.7 Å². The molecular formula is C18H24N2O2S2. The molecule has 0 fully saturated rings. The summed E-state index contributed by atoms with van der Waals surface area (Å²) in [6.07, 6.45) is 3.20. The third-order valence-corrected chi connectivity index (χ3v) is 7.46. The van der Waals surface area contributed by atoms with Crippen LogP contribution in [0.3, 0.4) is 0 Å². The molecule has 1 aliphatic heterocycles. The molecule has 1 aliphatic rings. The topological polar surface area (TPSA) is 49.4 Å². The van der Waals surface area contributed by atoms with Crippen molar-refractivity contribution in [2.75, 3.05) is 11.3 Å². The van der Waals surface area contributed by atoms with E-state index < -0.39 is 10.0 Å². The fraction of sp³-hybridized carbons (Fsp3) is 0.444. The van der Waals surface area contributed by atoms with E-state index in [9.17, 15) is 8.42 Å². The molecule has 0 unspecified atom stereocenters. The summed E-state index contributed by atoms with van der Waals surface area (Å²) in [5.41, 5.74) is 3.06. The Morgan fingerprint density at radius 1 is 1.17 bits per heavy atom. The van der Waals surface area contributed by atoms with Gasteiger partial charge in [-0.1, -0.05) is 32.4 Å². The number of benzene rings is 1. The monoisotopic (exact) mass is 364 g/mol. The highest BCUT2D eigenvalue weighted by Gasteiger charge is 2.24. The van der Waals surface area contributed by atoms with Crippen molar-refractivity contribution in [1.29, 1.82) is 0 Å². The SMILES string of the molecule is CCCCN1Cc2cccc(NS(=O)(=O)c3ccc(CC)s3)c2C1. The van der Waals surface area contributed by atoms with Gasteiger partial charge in [0.25, 0.3) is 10.0 Å². The van der Waals surface area contributed by atoms with Crippen molar-refractivity contribution < 1.29 is 8.42 Å². The van der Waals surface area contributed by atoms with Gasteiger partial charge >= 0.3 is 0 Å². The molecule has 0 aliphatic carbocycles. The molecule has 4 nitrogen and oxygen atoms in total. The van der Waals surface area contributed by atoms with Crippen LogP contribution in [0, 0.1) is 0 Å². The van der Waals surface area contributed by atoms with Crippen molar-refractivity contribution in [2.24, 2.45) is 0 Å². The fourth-order valence-corrected chi connectivity index (χ4v) is 5.40. The molecule has 1 aromatic heterocycles. The van der Waals surface area contributed by atoms with Crippen LogP contribution in [0.25, 0.3) is 0 Å². The second-order valence-electron chi connectivity index (χ2n) is 6.19. The predicted octanol–water partition coefficient (Wildman–Crippen LogP) is 4.23. The summed E-state index contributed by atoms with van der Waals surface area (Å²) in [6, 6.07) is 9.49. The molecule has 0 saturated heterocycles. The normalized spacial score (nSPS) is 14.8. The number of unbranched alkanes of at least 4 members (excludes halogenated alkanes) is 1. The molecule has 0 radical (unpaired) electrons. The zero-order valence-electron chi connectivity index (χ0n) is 14.2. The van der Waals surface area contributed by atoms with Crippen LogP contribution in [0.15, 0.2) is 34.5 Å². The maximum atomic E-state index is 12.7. The molecule has 0 spiro atoms. The van der Waals surface area contributed by atoms with Gasteiger partial charge in [0.2, 0.25) is 0 Å². The van der Waals surface area contributed by atoms with Crippen molar-refractivity contribution in [3.8, 4) is 0 Å². The average molecular weight is 365 g/mol. The number of anilines is 1. The number of hydrogen-bond donors (Lipinski definition) is 1. The van der Waals surface area contributed by atoms with Gasteiger partial charge in [-0.25, -0.2) is 8.42 Å². The van der Waals surface area contributed by atoms with Crippen molar-refractivity contribution in [2.45, 2.75) is 50.4 Å². The standard InChI is InChI=1S/C18H24N2O2S2/c1-3-5-11-20-12-14-7-6-8-17(16(14)13-20)19-24(21,22)18-10-9-15(4-2)23-18/h6-10,19H,3-5,11-13H2,1-2H3. The van der Waals surface area contributed by atoms with E-state index in [1.165, 1.54) is 29.7 Å². The molecule has 6 heteroatoms. The summed E-state index contributed by atoms with van der Waals surface area (Å²) < 4.78 is 28.5. The predicted molar refractivity (Wildman–Crippen MR) is 100.0 cm³/mol. The van der Waals surface area contributed by atoms with Crippen LogP contribution >= 0.6 is 11.3 Å². The van der Waals surface area contributed by atoms with E-state index in [4.69, 9.17) is 0 Å². The lowest BCUT2D eigenvalue weighted by Crippen LogP contribution is -2.18. The van der Waals surface area contributed by atoms with E-state index in [0.29, 0.717) is 4.21 Å². The van der Waals surface area contributed by atoms with Crippen LogP contribution in [0.5, 0.6) is 0 Å². The highest BCUT2D eigenvalue weighted by atomic mass is 32.2. The number of nitrogens with zero attached hydrogens (tertiary/aromatic N) is 1. The lowest BCUT2D eigenvalue weighted by Gasteiger charge is -2.14. The van der Waals surface area contributed by atoms with Crippen molar-refractivity contribution in [3.63, 3.8) is 0 Å². The van der Waals surface area contributed by atoms with E-state index >= 15 is 0 Å². The first-order valence-electron chi connectivity index (χ1n) is 8.48. The van der Waals surface area contributed by atoms with E-state index in [-0.39, 0.29) is 0 Å². The van der Waals surface area contributed by atoms with Gasteiger partial charge in [0.05, 0.1) is 5.69 Å². The quantitative estimate of drug-likeness (QED) is 0.800. The Hall–Kier alpha value is -1.37. The minimum atomic E-state index is -3.51. The van der Waals surface area contributed by atoms with Crippen molar-refractivity contribution in [3.05, 3.63) is 46.3 Å². The number of fused-ring (bicyclic) bond motifs is 1. The molecule has 2 heterocycles. The maximum Gasteiger partial charge on any atom is 0.271 e. The van der Waals surface area contributed by atoms with Crippen LogP contribution < -0.4 is 4.72 Å². The van der Waals surface area contributed by atoms with E-state index in [1.54, 1.807) is 6.07 Å². The molecule has 2 aromatic rings. The van der Waals surface area contributed by atoms with Gasteiger partial charge in [0, 0.05) is 18.0 Å². The van der Waals surface area contributed by atoms with Crippen LogP contribution in [0.4, 0.5) is 5.69 Å². The van der Waals surface area contributed by atoms with Gasteiger partial charge in [-0.2, -0.15) is 0 Å². The molecule has 0 atom stereocenters. The summed E-state index contributed by atoms with van der Waals surface area (Å²) in [7, 11) is -3.51. The molecule has 0 saturated carbocycles. The van der Waals surface area contributed by atoms with E-state index in [2.05, 4.69) is 22.6 Å². The van der Waals surface area contributed by atoms with Crippen LogP contribution in [0.2, 0.25) is 0 Å². The smallest absolute Gasteiger partial charge is 0.271 e. The molecule has 0 amide bonds. The van der Waals surface area contributed by atoms with Gasteiger partial charge in [0.15, 0.2) is 0 Å².